The zero-order valence-corrected chi connectivity index (χ0v) is 17.4. The molecule has 0 amide bonds. The van der Waals surface area contributed by atoms with Crippen molar-refractivity contribution in [2.45, 2.75) is 64.6 Å². The Hall–Kier alpha value is -1.18. The Morgan fingerprint density at radius 2 is 1.07 bits per heavy atom. The molecule has 2 aliphatic rings. The smallest absolute Gasteiger partial charge is 0.332 e. The van der Waals surface area contributed by atoms with Crippen molar-refractivity contribution in [3.8, 4) is 0 Å². The minimum atomic E-state index is -0.505. The van der Waals surface area contributed by atoms with E-state index in [0.29, 0.717) is 11.8 Å². The molecule has 2 fully saturated rings. The highest BCUT2D eigenvalue weighted by atomic mass is 16.6. The van der Waals surface area contributed by atoms with E-state index in [0.717, 1.165) is 51.9 Å². The number of hydrogen-bond donors (Lipinski definition) is 2. The second kappa shape index (κ2) is 9.85. The summed E-state index contributed by atoms with van der Waals surface area (Å²) in [6.45, 7) is 11.7. The molecule has 7 heteroatoms. The first-order valence-electron chi connectivity index (χ1n) is 10.4. The number of carbonyl (C=O) groups excluding carboxylic acids is 2. The fraction of sp³-hybridized carbons (Fsp3) is 0.900. The van der Waals surface area contributed by atoms with Gasteiger partial charge >= 0.3 is 11.9 Å². The first kappa shape index (κ1) is 22.1. The summed E-state index contributed by atoms with van der Waals surface area (Å²) in [4.78, 5) is 24.2. The maximum atomic E-state index is 12.1. The molecule has 2 heterocycles. The highest BCUT2D eigenvalue weighted by Crippen LogP contribution is 2.29. The van der Waals surface area contributed by atoms with Gasteiger partial charge in [0, 0.05) is 37.5 Å². The van der Waals surface area contributed by atoms with E-state index in [-0.39, 0.29) is 13.2 Å². The molecule has 2 aliphatic heterocycles. The van der Waals surface area contributed by atoms with Gasteiger partial charge in [0.25, 0.3) is 0 Å². The molecule has 0 aliphatic carbocycles. The van der Waals surface area contributed by atoms with E-state index in [1.54, 1.807) is 0 Å². The van der Waals surface area contributed by atoms with Crippen molar-refractivity contribution in [3.05, 3.63) is 0 Å². The molecule has 0 unspecified atom stereocenters. The van der Waals surface area contributed by atoms with Gasteiger partial charge in [-0.1, -0.05) is 0 Å². The van der Waals surface area contributed by atoms with E-state index in [2.05, 4.69) is 10.6 Å². The molecule has 0 radical (unpaired) electrons. The fourth-order valence-corrected chi connectivity index (χ4v) is 4.27. The molecular weight excluding hydrogens is 348 g/mol. The maximum Gasteiger partial charge on any atom is 0.332 e. The fourth-order valence-electron chi connectivity index (χ4n) is 4.27. The first-order valence-corrected chi connectivity index (χ1v) is 10.4. The summed E-state index contributed by atoms with van der Waals surface area (Å²) >= 11 is 0. The van der Waals surface area contributed by atoms with Crippen LogP contribution < -0.4 is 10.6 Å². The van der Waals surface area contributed by atoms with Crippen LogP contribution in [0.2, 0.25) is 0 Å². The molecule has 27 heavy (non-hydrogen) atoms. The average Bonchev–Trinajstić information content (AvgIpc) is 2.62. The number of quaternary nitrogens is 2. The van der Waals surface area contributed by atoms with Crippen molar-refractivity contribution in [1.29, 1.82) is 0 Å². The Balaban J connectivity index is 1.68. The number of rotatable bonds is 8. The molecule has 0 aromatic carbocycles. The second-order valence-electron chi connectivity index (χ2n) is 8.93. The molecule has 2 saturated heterocycles. The number of ether oxygens (including phenoxy) is 3. The second-order valence-corrected chi connectivity index (χ2v) is 8.93. The van der Waals surface area contributed by atoms with Gasteiger partial charge in [-0.25, -0.2) is 9.59 Å². The van der Waals surface area contributed by atoms with Gasteiger partial charge < -0.3 is 24.8 Å². The van der Waals surface area contributed by atoms with Crippen LogP contribution in [-0.4, -0.2) is 62.5 Å². The number of nitrogens with two attached hydrogens (primary N) is 2. The maximum absolute atomic E-state index is 12.1. The van der Waals surface area contributed by atoms with Gasteiger partial charge in [-0.05, 0) is 27.7 Å². The molecular formula is C20H38N2O5+2. The number of esters is 2. The van der Waals surface area contributed by atoms with Crippen molar-refractivity contribution in [2.75, 3.05) is 39.4 Å². The lowest BCUT2D eigenvalue weighted by Gasteiger charge is -2.35. The summed E-state index contributed by atoms with van der Waals surface area (Å²) in [7, 11) is 0. The molecule has 7 nitrogen and oxygen atoms in total. The zero-order valence-electron chi connectivity index (χ0n) is 17.4. The molecule has 156 valence electrons. The predicted octanol–water partition coefficient (Wildman–Crippen LogP) is -0.407. The van der Waals surface area contributed by atoms with Crippen molar-refractivity contribution < 1.29 is 34.4 Å². The van der Waals surface area contributed by atoms with Crippen LogP contribution >= 0.6 is 0 Å². The zero-order chi connectivity index (χ0) is 19.9. The molecule has 0 aromatic rings. The summed E-state index contributed by atoms with van der Waals surface area (Å²) in [5.74, 6) is -0.122. The molecule has 2 rings (SSSR count). The molecule has 0 aromatic heterocycles. The quantitative estimate of drug-likeness (QED) is 0.553. The number of hydrogen-bond acceptors (Lipinski definition) is 5. The van der Waals surface area contributed by atoms with Crippen LogP contribution in [0.4, 0.5) is 0 Å². The third-order valence-electron chi connectivity index (χ3n) is 6.04. The lowest BCUT2D eigenvalue weighted by molar-refractivity contribution is -0.666. The van der Waals surface area contributed by atoms with Gasteiger partial charge in [0.1, 0.15) is 24.4 Å². The summed E-state index contributed by atoms with van der Waals surface area (Å²) in [5, 5.41) is 4.58. The topological polar surface area (TPSA) is 95.0 Å². The van der Waals surface area contributed by atoms with Gasteiger partial charge in [-0.3, -0.25) is 0 Å². The lowest BCUT2D eigenvalue weighted by Crippen LogP contribution is -2.86. The Bertz CT molecular complexity index is 451. The van der Waals surface area contributed by atoms with Crippen LogP contribution in [0.1, 0.15) is 53.4 Å². The first-order chi connectivity index (χ1) is 12.7. The van der Waals surface area contributed by atoms with Crippen LogP contribution in [0.15, 0.2) is 0 Å². The van der Waals surface area contributed by atoms with E-state index < -0.39 is 23.1 Å². The van der Waals surface area contributed by atoms with E-state index in [1.807, 2.05) is 27.7 Å². The van der Waals surface area contributed by atoms with Crippen molar-refractivity contribution in [2.24, 2.45) is 11.8 Å². The van der Waals surface area contributed by atoms with E-state index in [9.17, 15) is 9.59 Å². The van der Waals surface area contributed by atoms with Crippen LogP contribution in [0.25, 0.3) is 0 Å². The monoisotopic (exact) mass is 386 g/mol. The van der Waals surface area contributed by atoms with E-state index in [4.69, 9.17) is 14.2 Å². The normalized spacial score (nSPS) is 20.3. The lowest BCUT2D eigenvalue weighted by atomic mass is 9.83. The number of carbonyl (C=O) groups is 2. The van der Waals surface area contributed by atoms with Crippen molar-refractivity contribution in [3.63, 3.8) is 0 Å². The van der Waals surface area contributed by atoms with Crippen LogP contribution in [-0.2, 0) is 23.8 Å². The largest absolute Gasteiger partial charge is 0.458 e. The predicted molar refractivity (Wildman–Crippen MR) is 99.9 cm³/mol. The molecule has 0 saturated carbocycles. The van der Waals surface area contributed by atoms with Gasteiger partial charge in [0.05, 0.1) is 26.2 Å². The van der Waals surface area contributed by atoms with Crippen LogP contribution in [0, 0.1) is 11.8 Å². The van der Waals surface area contributed by atoms with Crippen LogP contribution in [0.5, 0.6) is 0 Å². The van der Waals surface area contributed by atoms with E-state index >= 15 is 0 Å². The third-order valence-corrected chi connectivity index (χ3v) is 6.04. The molecule has 0 atom stereocenters. The Morgan fingerprint density at radius 3 is 1.41 bits per heavy atom. The summed E-state index contributed by atoms with van der Waals surface area (Å²) in [5.41, 5.74) is -1.01. The standard InChI is InChI=1S/C20H36N2O5/c1-19(2,15-5-9-21-10-6-15)26-17(23)13-25-14-18(24)27-20(3,4)16-7-11-22-12-8-16/h15-16,21-22H,5-14H2,1-4H3/p+2. The Kier molecular flexibility index (Phi) is 8.06. The number of piperidine rings is 2. The van der Waals surface area contributed by atoms with Crippen molar-refractivity contribution in [1.82, 2.24) is 0 Å². The summed E-state index contributed by atoms with van der Waals surface area (Å²) in [6.07, 6.45) is 4.17. The Labute approximate surface area is 162 Å². The average molecular weight is 387 g/mol. The molecule has 0 bridgehead atoms. The van der Waals surface area contributed by atoms with Crippen molar-refractivity contribution >= 4 is 11.9 Å². The van der Waals surface area contributed by atoms with Crippen LogP contribution in [0.3, 0.4) is 0 Å². The van der Waals surface area contributed by atoms with Gasteiger partial charge in [-0.15, -0.1) is 0 Å². The van der Waals surface area contributed by atoms with Gasteiger partial charge in [-0.2, -0.15) is 0 Å². The third kappa shape index (κ3) is 7.05. The molecule has 4 N–H and O–H groups in total. The Morgan fingerprint density at radius 1 is 0.741 bits per heavy atom. The summed E-state index contributed by atoms with van der Waals surface area (Å²) in [6, 6.07) is 0. The van der Waals surface area contributed by atoms with Gasteiger partial charge in [0.15, 0.2) is 0 Å². The summed E-state index contributed by atoms with van der Waals surface area (Å²) < 4.78 is 16.5. The minimum absolute atomic E-state index is 0.226. The van der Waals surface area contributed by atoms with E-state index in [1.165, 1.54) is 0 Å². The highest BCUT2D eigenvalue weighted by Gasteiger charge is 2.36. The minimum Gasteiger partial charge on any atom is -0.458 e. The molecule has 0 spiro atoms. The van der Waals surface area contributed by atoms with Gasteiger partial charge in [0.2, 0.25) is 0 Å². The highest BCUT2D eigenvalue weighted by molar-refractivity contribution is 5.73. The SMILES string of the molecule is CC(C)(OC(=O)COCC(=O)OC(C)(C)C1CC[NH2+]CC1)C1CC[NH2+]CC1.